The highest BCUT2D eigenvalue weighted by molar-refractivity contribution is 6.12. The Kier molecular flexibility index (Phi) is 4.78. The zero-order valence-corrected chi connectivity index (χ0v) is 17.0. The normalized spacial score (nSPS) is 34.8. The van der Waals surface area contributed by atoms with Gasteiger partial charge in [-0.3, -0.25) is 9.69 Å². The molecule has 6 heteroatoms. The molecule has 0 aromatic rings. The van der Waals surface area contributed by atoms with Gasteiger partial charge in [-0.1, -0.05) is 41.5 Å². The second-order valence-electron chi connectivity index (χ2n) is 10.3. The van der Waals surface area contributed by atoms with Gasteiger partial charge in [0.25, 0.3) is 0 Å². The summed E-state index contributed by atoms with van der Waals surface area (Å²) in [6, 6.07) is -0.420. The number of nitrogens with zero attached hydrogens (tertiary/aromatic N) is 2. The highest BCUT2D eigenvalue weighted by atomic mass is 16.6. The number of hydrogen-bond donors (Lipinski definition) is 1. The molecule has 0 amide bonds. The first-order valence-electron chi connectivity index (χ1n) is 9.86. The SMILES string of the molecule is CC(C)(C)C(O)N1CCCC1C(=O)[C@]12CCCN1[C@H](C(C)(C)C)OC2=O. The van der Waals surface area contributed by atoms with Gasteiger partial charge >= 0.3 is 5.97 Å². The molecule has 3 rings (SSSR count). The monoisotopic (exact) mass is 366 g/mol. The van der Waals surface area contributed by atoms with Crippen molar-refractivity contribution in [3.8, 4) is 0 Å². The van der Waals surface area contributed by atoms with Crippen molar-refractivity contribution in [1.82, 2.24) is 9.80 Å². The fourth-order valence-electron chi connectivity index (χ4n) is 4.78. The maximum absolute atomic E-state index is 13.7. The highest BCUT2D eigenvalue weighted by Gasteiger charge is 2.66. The summed E-state index contributed by atoms with van der Waals surface area (Å²) in [4.78, 5) is 30.5. The molecule has 26 heavy (non-hydrogen) atoms. The van der Waals surface area contributed by atoms with Gasteiger partial charge in [-0.15, -0.1) is 0 Å². The number of hydrogen-bond acceptors (Lipinski definition) is 6. The average Bonchev–Trinajstić information content (AvgIpc) is 3.19. The highest BCUT2D eigenvalue weighted by Crippen LogP contribution is 2.46. The minimum atomic E-state index is -1.16. The number of rotatable bonds is 3. The van der Waals surface area contributed by atoms with E-state index in [1.54, 1.807) is 0 Å². The van der Waals surface area contributed by atoms with Crippen LogP contribution in [0, 0.1) is 10.8 Å². The smallest absolute Gasteiger partial charge is 0.336 e. The van der Waals surface area contributed by atoms with Gasteiger partial charge in [0.05, 0.1) is 6.04 Å². The van der Waals surface area contributed by atoms with E-state index < -0.39 is 23.8 Å². The molecule has 0 radical (unpaired) electrons. The topological polar surface area (TPSA) is 70.1 Å². The Bertz CT molecular complexity index is 592. The quantitative estimate of drug-likeness (QED) is 0.610. The minimum absolute atomic E-state index is 0.0763. The van der Waals surface area contributed by atoms with Crippen LogP contribution in [0.1, 0.15) is 67.2 Å². The van der Waals surface area contributed by atoms with Gasteiger partial charge in [0.1, 0.15) is 6.23 Å². The summed E-state index contributed by atoms with van der Waals surface area (Å²) < 4.78 is 5.72. The summed E-state index contributed by atoms with van der Waals surface area (Å²) in [5.74, 6) is -0.468. The first kappa shape index (κ1) is 19.8. The molecule has 3 fully saturated rings. The number of carbonyl (C=O) groups excluding carboxylic acids is 2. The number of cyclic esters (lactones) is 1. The molecule has 0 aliphatic carbocycles. The summed E-state index contributed by atoms with van der Waals surface area (Å²) >= 11 is 0. The van der Waals surface area contributed by atoms with Crippen LogP contribution in [0.25, 0.3) is 0 Å². The van der Waals surface area contributed by atoms with E-state index in [0.29, 0.717) is 25.9 Å². The molecule has 4 atom stereocenters. The fourth-order valence-corrected chi connectivity index (χ4v) is 4.78. The van der Waals surface area contributed by atoms with Crippen LogP contribution in [0.5, 0.6) is 0 Å². The van der Waals surface area contributed by atoms with Crippen LogP contribution < -0.4 is 0 Å². The third kappa shape index (κ3) is 2.90. The van der Waals surface area contributed by atoms with E-state index in [-0.39, 0.29) is 22.8 Å². The molecule has 0 bridgehead atoms. The number of aliphatic hydroxyl groups excluding tert-OH is 1. The number of ketones is 1. The largest absolute Gasteiger partial charge is 0.444 e. The molecule has 3 aliphatic rings. The lowest BCUT2D eigenvalue weighted by Crippen LogP contribution is -2.61. The van der Waals surface area contributed by atoms with E-state index in [9.17, 15) is 14.7 Å². The van der Waals surface area contributed by atoms with Crippen LogP contribution in [-0.2, 0) is 14.3 Å². The van der Waals surface area contributed by atoms with E-state index in [1.807, 2.05) is 51.3 Å². The number of fused-ring (bicyclic) bond motifs is 1. The maximum atomic E-state index is 13.7. The van der Waals surface area contributed by atoms with E-state index in [4.69, 9.17) is 4.74 Å². The summed E-state index contributed by atoms with van der Waals surface area (Å²) in [7, 11) is 0. The second kappa shape index (κ2) is 6.28. The Morgan fingerprint density at radius 3 is 2.42 bits per heavy atom. The van der Waals surface area contributed by atoms with E-state index >= 15 is 0 Å². The van der Waals surface area contributed by atoms with Crippen LogP contribution in [0.15, 0.2) is 0 Å². The molecule has 0 aromatic heterocycles. The van der Waals surface area contributed by atoms with Crippen LogP contribution in [-0.4, -0.2) is 63.8 Å². The van der Waals surface area contributed by atoms with Crippen LogP contribution in [0.2, 0.25) is 0 Å². The van der Waals surface area contributed by atoms with Crippen molar-refractivity contribution in [2.75, 3.05) is 13.1 Å². The van der Waals surface area contributed by atoms with Crippen molar-refractivity contribution < 1.29 is 19.4 Å². The molecule has 0 aromatic carbocycles. The number of ether oxygens (including phenoxy) is 1. The second-order valence-corrected chi connectivity index (χ2v) is 10.3. The Balaban J connectivity index is 1.92. The lowest BCUT2D eigenvalue weighted by atomic mass is 9.84. The zero-order valence-electron chi connectivity index (χ0n) is 17.0. The molecule has 3 saturated heterocycles. The Morgan fingerprint density at radius 2 is 1.85 bits per heavy atom. The first-order chi connectivity index (χ1) is 11.9. The van der Waals surface area contributed by atoms with Gasteiger partial charge in [0.2, 0.25) is 0 Å². The maximum Gasteiger partial charge on any atom is 0.336 e. The van der Waals surface area contributed by atoms with Crippen molar-refractivity contribution in [1.29, 1.82) is 0 Å². The molecule has 148 valence electrons. The first-order valence-corrected chi connectivity index (χ1v) is 9.86. The molecule has 0 spiro atoms. The van der Waals surface area contributed by atoms with Crippen molar-refractivity contribution in [3.05, 3.63) is 0 Å². The molecular formula is C20H34N2O4. The standard InChI is InChI=1S/C20H34N2O4/c1-18(2,3)15(24)21-11-7-9-13(21)14(23)20-10-8-12-22(20)16(19(4,5)6)26-17(20)25/h13,15-16,24H,7-12H2,1-6H3/t13?,15?,16-,20-/m0/s1. The molecule has 6 nitrogen and oxygen atoms in total. The number of Topliss-reactive ketones (excluding diaryl/α,β-unsaturated/α-hetero) is 1. The average molecular weight is 367 g/mol. The number of aliphatic hydroxyl groups is 1. The lowest BCUT2D eigenvalue weighted by molar-refractivity contribution is -0.153. The third-order valence-electron chi connectivity index (χ3n) is 6.10. The van der Waals surface area contributed by atoms with E-state index in [2.05, 4.69) is 0 Å². The lowest BCUT2D eigenvalue weighted by Gasteiger charge is -2.40. The van der Waals surface area contributed by atoms with Gasteiger partial charge in [-0.05, 0) is 25.7 Å². The van der Waals surface area contributed by atoms with Gasteiger partial charge < -0.3 is 9.84 Å². The van der Waals surface area contributed by atoms with Gasteiger partial charge in [0.15, 0.2) is 17.6 Å². The molecule has 0 saturated carbocycles. The Morgan fingerprint density at radius 1 is 1.19 bits per heavy atom. The van der Waals surface area contributed by atoms with Gasteiger partial charge in [-0.2, -0.15) is 0 Å². The number of likely N-dealkylation sites (tertiary alicyclic amines) is 1. The summed E-state index contributed by atoms with van der Waals surface area (Å²) in [5.41, 5.74) is -1.76. The van der Waals surface area contributed by atoms with Crippen molar-refractivity contribution in [2.45, 2.75) is 91.3 Å². The van der Waals surface area contributed by atoms with Crippen molar-refractivity contribution >= 4 is 11.8 Å². The molecule has 3 heterocycles. The van der Waals surface area contributed by atoms with Crippen LogP contribution in [0.3, 0.4) is 0 Å². The molecule has 1 N–H and O–H groups in total. The molecule has 2 unspecified atom stereocenters. The molecular weight excluding hydrogens is 332 g/mol. The zero-order chi connectivity index (χ0) is 19.5. The summed E-state index contributed by atoms with van der Waals surface area (Å²) in [6.07, 6.45) is 1.81. The minimum Gasteiger partial charge on any atom is -0.444 e. The summed E-state index contributed by atoms with van der Waals surface area (Å²) in [6.45, 7) is 13.4. The van der Waals surface area contributed by atoms with Crippen molar-refractivity contribution in [3.63, 3.8) is 0 Å². The van der Waals surface area contributed by atoms with Gasteiger partial charge in [-0.25, -0.2) is 9.69 Å². The van der Waals surface area contributed by atoms with Gasteiger partial charge in [0, 0.05) is 23.9 Å². The number of esters is 1. The predicted molar refractivity (Wildman–Crippen MR) is 98.2 cm³/mol. The van der Waals surface area contributed by atoms with Crippen LogP contribution >= 0.6 is 0 Å². The third-order valence-corrected chi connectivity index (χ3v) is 6.10. The predicted octanol–water partition coefficient (Wildman–Crippen LogP) is 2.15. The van der Waals surface area contributed by atoms with E-state index in [0.717, 1.165) is 12.8 Å². The molecule has 3 aliphatic heterocycles. The summed E-state index contributed by atoms with van der Waals surface area (Å²) in [5, 5.41) is 10.8. The van der Waals surface area contributed by atoms with Crippen LogP contribution in [0.4, 0.5) is 0 Å². The number of carbonyl (C=O) groups is 2. The fraction of sp³-hybridized carbons (Fsp3) is 0.900. The van der Waals surface area contributed by atoms with Crippen molar-refractivity contribution in [2.24, 2.45) is 10.8 Å². The Hall–Kier alpha value is -0.980. The van der Waals surface area contributed by atoms with E-state index in [1.165, 1.54) is 0 Å². The Labute approximate surface area is 156 Å².